The fraction of sp³-hybridized carbons (Fsp3) is 0.600. The SMILES string of the molecule is CN=C(NCCCc1nc2c(s1)CCCC2)N1CCN(c2cnn(C)c2)C(=O)C1.I. The first-order valence-corrected chi connectivity index (χ1v) is 11.2. The van der Waals surface area contributed by atoms with Gasteiger partial charge in [-0.05, 0) is 32.1 Å². The monoisotopic (exact) mass is 543 g/mol. The van der Waals surface area contributed by atoms with Crippen molar-refractivity contribution in [2.75, 3.05) is 38.1 Å². The third-order valence-electron chi connectivity index (χ3n) is 5.48. The summed E-state index contributed by atoms with van der Waals surface area (Å²) in [5.41, 5.74) is 2.19. The fourth-order valence-electron chi connectivity index (χ4n) is 3.96. The molecule has 0 bridgehead atoms. The lowest BCUT2D eigenvalue weighted by Gasteiger charge is -2.35. The van der Waals surface area contributed by atoms with E-state index in [2.05, 4.69) is 15.4 Å². The number of fused-ring (bicyclic) bond motifs is 1. The molecule has 0 saturated carbocycles. The number of carbonyl (C=O) groups excluding carboxylic acids is 1. The number of piperazine rings is 1. The molecule has 3 heterocycles. The molecule has 0 spiro atoms. The summed E-state index contributed by atoms with van der Waals surface area (Å²) in [6.45, 7) is 2.54. The van der Waals surface area contributed by atoms with Gasteiger partial charge in [-0.2, -0.15) is 5.10 Å². The molecule has 2 aromatic heterocycles. The fourth-order valence-corrected chi connectivity index (χ4v) is 5.16. The first-order valence-electron chi connectivity index (χ1n) is 10.4. The molecule has 1 aliphatic carbocycles. The first-order chi connectivity index (χ1) is 14.1. The summed E-state index contributed by atoms with van der Waals surface area (Å²) in [5, 5.41) is 8.84. The molecule has 1 fully saturated rings. The van der Waals surface area contributed by atoms with Crippen LogP contribution in [0.25, 0.3) is 0 Å². The quantitative estimate of drug-likeness (QED) is 0.271. The number of anilines is 1. The van der Waals surface area contributed by atoms with E-state index in [1.807, 2.05) is 29.5 Å². The van der Waals surface area contributed by atoms with E-state index < -0.39 is 0 Å². The van der Waals surface area contributed by atoms with E-state index >= 15 is 0 Å². The van der Waals surface area contributed by atoms with Crippen LogP contribution in [0.15, 0.2) is 17.4 Å². The van der Waals surface area contributed by atoms with Crippen LogP contribution in [-0.4, -0.2) is 64.8 Å². The van der Waals surface area contributed by atoms with Gasteiger partial charge in [-0.25, -0.2) is 4.98 Å². The van der Waals surface area contributed by atoms with Gasteiger partial charge in [0.05, 0.1) is 22.6 Å². The molecule has 0 unspecified atom stereocenters. The molecule has 0 radical (unpaired) electrons. The second kappa shape index (κ2) is 10.6. The maximum Gasteiger partial charge on any atom is 0.246 e. The minimum Gasteiger partial charge on any atom is -0.356 e. The Morgan fingerprint density at radius 3 is 2.83 bits per heavy atom. The molecule has 0 aromatic carbocycles. The third kappa shape index (κ3) is 5.32. The zero-order valence-electron chi connectivity index (χ0n) is 17.6. The van der Waals surface area contributed by atoms with Crippen LogP contribution >= 0.6 is 35.3 Å². The number of aryl methyl sites for hydroxylation is 4. The van der Waals surface area contributed by atoms with Crippen LogP contribution in [0, 0.1) is 0 Å². The molecular weight excluding hydrogens is 513 g/mol. The Kier molecular flexibility index (Phi) is 8.09. The highest BCUT2D eigenvalue weighted by Crippen LogP contribution is 2.27. The molecule has 2 aromatic rings. The normalized spacial score (nSPS) is 17.0. The number of rotatable bonds is 5. The van der Waals surface area contributed by atoms with Crippen LogP contribution in [0.5, 0.6) is 0 Å². The molecule has 2 aliphatic rings. The Labute approximate surface area is 198 Å². The average Bonchev–Trinajstić information content (AvgIpc) is 3.33. The standard InChI is InChI=1S/C20H29N7OS.HI/c1-21-20(22-9-5-8-18-24-16-6-3-4-7-17(16)29-18)26-10-11-27(19(28)14-26)15-12-23-25(2)13-15;/h12-13H,3-11,14H2,1-2H3,(H,21,22);1H. The van der Waals surface area contributed by atoms with E-state index in [1.165, 1.54) is 34.8 Å². The van der Waals surface area contributed by atoms with E-state index in [4.69, 9.17) is 4.98 Å². The van der Waals surface area contributed by atoms with E-state index in [1.54, 1.807) is 22.8 Å². The number of hydrogen-bond donors (Lipinski definition) is 1. The molecular formula is C20H30IN7OS. The van der Waals surface area contributed by atoms with Crippen molar-refractivity contribution < 1.29 is 4.79 Å². The minimum atomic E-state index is 0. The smallest absolute Gasteiger partial charge is 0.246 e. The van der Waals surface area contributed by atoms with E-state index in [0.717, 1.165) is 44.0 Å². The number of aromatic nitrogens is 3. The second-order valence-electron chi connectivity index (χ2n) is 7.60. The zero-order valence-corrected chi connectivity index (χ0v) is 20.8. The van der Waals surface area contributed by atoms with Gasteiger partial charge in [0.15, 0.2) is 5.96 Å². The van der Waals surface area contributed by atoms with E-state index in [0.29, 0.717) is 13.1 Å². The van der Waals surface area contributed by atoms with E-state index in [9.17, 15) is 4.79 Å². The van der Waals surface area contributed by atoms with Crippen LogP contribution in [-0.2, 0) is 31.1 Å². The number of nitrogens with zero attached hydrogens (tertiary/aromatic N) is 6. The summed E-state index contributed by atoms with van der Waals surface area (Å²) in [6.07, 6.45) is 10.5. The number of amides is 1. The maximum absolute atomic E-state index is 12.6. The average molecular weight is 543 g/mol. The minimum absolute atomic E-state index is 0. The van der Waals surface area contributed by atoms with Crippen molar-refractivity contribution in [1.29, 1.82) is 0 Å². The van der Waals surface area contributed by atoms with Gasteiger partial charge in [0.2, 0.25) is 5.91 Å². The number of hydrogen-bond acceptors (Lipinski definition) is 5. The Hall–Kier alpha value is -1.69. The Bertz CT molecular complexity index is 870. The number of nitrogens with one attached hydrogen (secondary N) is 1. The maximum atomic E-state index is 12.6. The van der Waals surface area contributed by atoms with Gasteiger partial charge in [0.1, 0.15) is 6.54 Å². The topological polar surface area (TPSA) is 78.7 Å². The summed E-state index contributed by atoms with van der Waals surface area (Å²) in [4.78, 5) is 27.1. The molecule has 8 nitrogen and oxygen atoms in total. The number of thiazole rings is 1. The number of aliphatic imine (C=N–C) groups is 1. The van der Waals surface area contributed by atoms with Crippen molar-refractivity contribution in [1.82, 2.24) is 25.0 Å². The highest BCUT2D eigenvalue weighted by Gasteiger charge is 2.27. The van der Waals surface area contributed by atoms with Crippen LogP contribution < -0.4 is 10.2 Å². The van der Waals surface area contributed by atoms with Crippen molar-refractivity contribution in [3.63, 3.8) is 0 Å². The second-order valence-corrected chi connectivity index (χ2v) is 8.77. The van der Waals surface area contributed by atoms with Crippen LogP contribution in [0.1, 0.15) is 34.8 Å². The molecule has 0 atom stereocenters. The molecule has 164 valence electrons. The highest BCUT2D eigenvalue weighted by atomic mass is 127. The number of guanidine groups is 1. The lowest BCUT2D eigenvalue weighted by Crippen LogP contribution is -2.55. The summed E-state index contributed by atoms with van der Waals surface area (Å²) >= 11 is 1.89. The molecule has 30 heavy (non-hydrogen) atoms. The summed E-state index contributed by atoms with van der Waals surface area (Å²) in [5.74, 6) is 0.864. The lowest BCUT2D eigenvalue weighted by atomic mass is 10.0. The largest absolute Gasteiger partial charge is 0.356 e. The number of carbonyl (C=O) groups is 1. The van der Waals surface area contributed by atoms with Crippen molar-refractivity contribution in [3.8, 4) is 0 Å². The molecule has 10 heteroatoms. The van der Waals surface area contributed by atoms with Crippen molar-refractivity contribution in [3.05, 3.63) is 28.0 Å². The van der Waals surface area contributed by atoms with Gasteiger partial charge in [0, 0.05) is 51.2 Å². The Morgan fingerprint density at radius 2 is 2.13 bits per heavy atom. The van der Waals surface area contributed by atoms with Gasteiger partial charge in [-0.15, -0.1) is 35.3 Å². The predicted octanol–water partition coefficient (Wildman–Crippen LogP) is 2.23. The summed E-state index contributed by atoms with van der Waals surface area (Å²) in [6, 6.07) is 0. The van der Waals surface area contributed by atoms with E-state index in [-0.39, 0.29) is 29.9 Å². The molecule has 4 rings (SSSR count). The van der Waals surface area contributed by atoms with Gasteiger partial charge >= 0.3 is 0 Å². The molecule has 1 saturated heterocycles. The Balaban J connectivity index is 0.00000256. The van der Waals surface area contributed by atoms with Gasteiger partial charge in [-0.1, -0.05) is 0 Å². The van der Waals surface area contributed by atoms with Crippen molar-refractivity contribution in [2.24, 2.45) is 12.0 Å². The summed E-state index contributed by atoms with van der Waals surface area (Å²) in [7, 11) is 3.63. The Morgan fingerprint density at radius 1 is 1.30 bits per heavy atom. The molecule has 1 aliphatic heterocycles. The predicted molar refractivity (Wildman–Crippen MR) is 131 cm³/mol. The highest BCUT2D eigenvalue weighted by molar-refractivity contribution is 14.0. The summed E-state index contributed by atoms with van der Waals surface area (Å²) < 4.78 is 1.72. The third-order valence-corrected chi connectivity index (χ3v) is 6.69. The van der Waals surface area contributed by atoms with Gasteiger partial charge in [-0.3, -0.25) is 14.5 Å². The molecule has 1 N–H and O–H groups in total. The number of halogens is 1. The van der Waals surface area contributed by atoms with Crippen molar-refractivity contribution >= 4 is 52.9 Å². The van der Waals surface area contributed by atoms with Crippen molar-refractivity contribution in [2.45, 2.75) is 38.5 Å². The molecule has 1 amide bonds. The van der Waals surface area contributed by atoms with Gasteiger partial charge in [0.25, 0.3) is 0 Å². The van der Waals surface area contributed by atoms with Crippen LogP contribution in [0.3, 0.4) is 0 Å². The first kappa shape index (κ1) is 23.0. The van der Waals surface area contributed by atoms with Gasteiger partial charge < -0.3 is 15.1 Å². The van der Waals surface area contributed by atoms with Crippen LogP contribution in [0.2, 0.25) is 0 Å². The zero-order chi connectivity index (χ0) is 20.2. The van der Waals surface area contributed by atoms with Crippen LogP contribution in [0.4, 0.5) is 5.69 Å². The lowest BCUT2D eigenvalue weighted by molar-refractivity contribution is -0.120.